The van der Waals surface area contributed by atoms with E-state index in [9.17, 15) is 0 Å². The molecule has 0 N–H and O–H groups in total. The molecule has 0 radical (unpaired) electrons. The molecule has 0 unspecified atom stereocenters. The molecule has 0 aliphatic carbocycles. The van der Waals surface area contributed by atoms with Crippen molar-refractivity contribution >= 4 is 54.1 Å². The average Bonchev–Trinajstić information content (AvgIpc) is 3.33. The highest BCUT2D eigenvalue weighted by molar-refractivity contribution is 6.27. The molecule has 0 saturated carbocycles. The summed E-state index contributed by atoms with van der Waals surface area (Å²) in [7, 11) is 0. The van der Waals surface area contributed by atoms with Gasteiger partial charge in [-0.15, -0.1) is 0 Å². The topological polar surface area (TPSA) is 129 Å². The molecule has 60 heavy (non-hydrogen) atoms. The second kappa shape index (κ2) is 13.6. The van der Waals surface area contributed by atoms with Gasteiger partial charge in [0.25, 0.3) is 0 Å². The Morgan fingerprint density at radius 2 is 0.683 bits per heavy atom. The summed E-state index contributed by atoms with van der Waals surface area (Å²) >= 11 is 0. The van der Waals surface area contributed by atoms with E-state index >= 15 is 0 Å². The number of pyridine rings is 4. The van der Waals surface area contributed by atoms with Crippen LogP contribution in [0.3, 0.4) is 0 Å². The third kappa shape index (κ3) is 5.50. The lowest BCUT2D eigenvalue weighted by molar-refractivity contribution is 1.07. The Labute approximate surface area is 341 Å². The van der Waals surface area contributed by atoms with Crippen molar-refractivity contribution in [1.29, 1.82) is 0 Å². The predicted octanol–water partition coefficient (Wildman–Crippen LogP) is 10.8. The number of fused-ring (bicyclic) bond motifs is 2. The molecule has 10 nitrogen and oxygen atoms in total. The molecule has 12 rings (SSSR count). The largest absolute Gasteiger partial charge is 0.264 e. The Hall–Kier alpha value is -8.50. The molecule has 6 heterocycles. The maximum absolute atomic E-state index is 5.23. The SMILES string of the molecule is c1cncc(-c2nc(-c3cccnc3)nc(-c3ccc4ccc5c(-c6nc(-c7cccc8cccnc78)nc(-c7cccc8cccnc78)n6)ccc6ccc3c4c65)n2)c1. The third-order valence-electron chi connectivity index (χ3n) is 11.0. The summed E-state index contributed by atoms with van der Waals surface area (Å²) in [6, 6.07) is 45.0. The molecule has 0 saturated heterocycles. The van der Waals surface area contributed by atoms with Crippen molar-refractivity contribution in [2.24, 2.45) is 0 Å². The second-order valence-corrected chi connectivity index (χ2v) is 14.5. The van der Waals surface area contributed by atoms with Crippen LogP contribution in [0.15, 0.2) is 171 Å². The molecular weight excluding hydrogens is 741 g/mol. The van der Waals surface area contributed by atoms with Crippen LogP contribution in [0.25, 0.3) is 122 Å². The number of rotatable bonds is 6. The van der Waals surface area contributed by atoms with Crippen LogP contribution in [0.2, 0.25) is 0 Å². The highest BCUT2D eigenvalue weighted by Gasteiger charge is 2.21. The summed E-state index contributed by atoms with van der Waals surface area (Å²) < 4.78 is 0. The zero-order chi connectivity index (χ0) is 39.6. The van der Waals surface area contributed by atoms with Crippen LogP contribution in [-0.2, 0) is 0 Å². The Morgan fingerprint density at radius 1 is 0.283 bits per heavy atom. The van der Waals surface area contributed by atoms with Crippen LogP contribution in [0.1, 0.15) is 0 Å². The van der Waals surface area contributed by atoms with Crippen molar-refractivity contribution in [2.45, 2.75) is 0 Å². The molecular formula is C50H28N10. The molecule has 0 bridgehead atoms. The minimum absolute atomic E-state index is 0.531. The monoisotopic (exact) mass is 768 g/mol. The van der Waals surface area contributed by atoms with Crippen LogP contribution in [0.5, 0.6) is 0 Å². The quantitative estimate of drug-likeness (QED) is 0.151. The van der Waals surface area contributed by atoms with Gasteiger partial charge >= 0.3 is 0 Å². The van der Waals surface area contributed by atoms with Gasteiger partial charge in [-0.2, -0.15) is 0 Å². The fraction of sp³-hybridized carbons (Fsp3) is 0. The first-order valence-corrected chi connectivity index (χ1v) is 19.5. The minimum atomic E-state index is 0.531. The molecule has 278 valence electrons. The molecule has 0 amide bonds. The average molecular weight is 769 g/mol. The van der Waals surface area contributed by atoms with Crippen LogP contribution >= 0.6 is 0 Å². The van der Waals surface area contributed by atoms with Crippen molar-refractivity contribution in [1.82, 2.24) is 49.8 Å². The standard InChI is InChI=1S/C50H28N10/c1-7-31-9-5-25-53-43(31)39(13-1)49-58-48(59-50(60-49)40-14-2-8-32-10-6-26-54-44(32)40)38-22-18-30-15-19-35-37(21-17-29-16-20-36(38)42(30)41(29)35)47-56-45(33-11-3-23-51-27-33)55-46(57-47)34-12-4-24-52-28-34/h1-28H. The maximum Gasteiger partial charge on any atom is 0.166 e. The number of para-hydroxylation sites is 2. The summed E-state index contributed by atoms with van der Waals surface area (Å²) in [5.41, 5.74) is 6.64. The van der Waals surface area contributed by atoms with Gasteiger partial charge in [0.05, 0.1) is 11.0 Å². The van der Waals surface area contributed by atoms with Crippen LogP contribution in [-0.4, -0.2) is 49.8 Å². The van der Waals surface area contributed by atoms with E-state index in [0.717, 1.165) is 87.5 Å². The fourth-order valence-electron chi connectivity index (χ4n) is 8.24. The summed E-state index contributed by atoms with van der Waals surface area (Å²) in [5.74, 6) is 3.23. The van der Waals surface area contributed by atoms with Crippen molar-refractivity contribution < 1.29 is 0 Å². The lowest BCUT2D eigenvalue weighted by Crippen LogP contribution is -2.02. The number of benzene rings is 6. The summed E-state index contributed by atoms with van der Waals surface area (Å²) in [4.78, 5) is 48.8. The fourth-order valence-corrected chi connectivity index (χ4v) is 8.24. The first-order valence-electron chi connectivity index (χ1n) is 19.5. The summed E-state index contributed by atoms with van der Waals surface area (Å²) in [5, 5.41) is 8.42. The van der Waals surface area contributed by atoms with Gasteiger partial charge in [-0.1, -0.05) is 72.8 Å². The van der Waals surface area contributed by atoms with Crippen molar-refractivity contribution in [3.05, 3.63) is 171 Å². The molecule has 10 heteroatoms. The van der Waals surface area contributed by atoms with Crippen LogP contribution in [0.4, 0.5) is 0 Å². The Morgan fingerprint density at radius 3 is 1.15 bits per heavy atom. The number of hydrogen-bond acceptors (Lipinski definition) is 10. The van der Waals surface area contributed by atoms with E-state index in [4.69, 9.17) is 39.9 Å². The zero-order valence-corrected chi connectivity index (χ0v) is 31.6. The second-order valence-electron chi connectivity index (χ2n) is 14.5. The van der Waals surface area contributed by atoms with Crippen LogP contribution in [0, 0.1) is 0 Å². The maximum atomic E-state index is 5.23. The molecule has 6 aromatic heterocycles. The van der Waals surface area contributed by atoms with E-state index < -0.39 is 0 Å². The smallest absolute Gasteiger partial charge is 0.166 e. The van der Waals surface area contributed by atoms with Gasteiger partial charge in [-0.25, -0.2) is 29.9 Å². The van der Waals surface area contributed by atoms with E-state index in [1.54, 1.807) is 37.2 Å². The van der Waals surface area contributed by atoms with Gasteiger partial charge in [-0.05, 0) is 93.0 Å². The van der Waals surface area contributed by atoms with E-state index in [1.807, 2.05) is 60.7 Å². The predicted molar refractivity (Wildman–Crippen MR) is 236 cm³/mol. The first kappa shape index (κ1) is 33.6. The number of hydrogen-bond donors (Lipinski definition) is 0. The number of aromatic nitrogens is 10. The Bertz CT molecular complexity index is 3450. The lowest BCUT2D eigenvalue weighted by Gasteiger charge is -2.16. The van der Waals surface area contributed by atoms with E-state index in [1.165, 1.54) is 0 Å². The van der Waals surface area contributed by atoms with Gasteiger partial charge < -0.3 is 0 Å². The van der Waals surface area contributed by atoms with Crippen molar-refractivity contribution in [3.8, 4) is 68.3 Å². The normalized spacial score (nSPS) is 11.7. The molecule has 0 fully saturated rings. The van der Waals surface area contributed by atoms with Gasteiger partial charge in [-0.3, -0.25) is 19.9 Å². The molecule has 0 spiro atoms. The molecule has 0 aliphatic heterocycles. The van der Waals surface area contributed by atoms with Crippen molar-refractivity contribution in [2.75, 3.05) is 0 Å². The van der Waals surface area contributed by atoms with E-state index in [0.29, 0.717) is 34.9 Å². The van der Waals surface area contributed by atoms with Gasteiger partial charge in [0.2, 0.25) is 0 Å². The van der Waals surface area contributed by atoms with Crippen molar-refractivity contribution in [3.63, 3.8) is 0 Å². The highest BCUT2D eigenvalue weighted by atomic mass is 15.0. The first-order chi connectivity index (χ1) is 29.7. The van der Waals surface area contributed by atoms with Gasteiger partial charge in [0.15, 0.2) is 34.9 Å². The summed E-state index contributed by atoms with van der Waals surface area (Å²) in [6.45, 7) is 0. The van der Waals surface area contributed by atoms with Gasteiger partial charge in [0.1, 0.15) is 0 Å². The summed E-state index contributed by atoms with van der Waals surface area (Å²) in [6.07, 6.45) is 10.6. The molecule has 0 atom stereocenters. The zero-order valence-electron chi connectivity index (χ0n) is 31.6. The van der Waals surface area contributed by atoms with Crippen LogP contribution < -0.4 is 0 Å². The Balaban J connectivity index is 1.10. The minimum Gasteiger partial charge on any atom is -0.264 e. The lowest BCUT2D eigenvalue weighted by atomic mass is 9.89. The molecule has 6 aromatic carbocycles. The van der Waals surface area contributed by atoms with E-state index in [-0.39, 0.29) is 0 Å². The Kier molecular flexibility index (Phi) is 7.60. The molecule has 12 aromatic rings. The van der Waals surface area contributed by atoms with Gasteiger partial charge in [0, 0.05) is 81.3 Å². The third-order valence-corrected chi connectivity index (χ3v) is 11.0. The van der Waals surface area contributed by atoms with E-state index in [2.05, 4.69) is 82.8 Å². The highest BCUT2D eigenvalue weighted by Crippen LogP contribution is 2.42. The number of nitrogens with zero attached hydrogens (tertiary/aromatic N) is 10. The molecule has 0 aliphatic rings.